The maximum Gasteiger partial charge on any atom is 0.306 e. The molecule has 1 aromatic carbocycles. The van der Waals surface area contributed by atoms with Crippen molar-refractivity contribution in [1.82, 2.24) is 10.6 Å². The second-order valence-corrected chi connectivity index (χ2v) is 22.5. The number of hydrogen-bond acceptors (Lipinski definition) is 7. The molecule has 5 saturated carbocycles. The highest BCUT2D eigenvalue weighted by Crippen LogP contribution is 2.74. The summed E-state index contributed by atoms with van der Waals surface area (Å²) < 4.78 is 0. The van der Waals surface area contributed by atoms with Gasteiger partial charge >= 0.3 is 5.97 Å². The number of carbonyl (C=O) groups is 4. The maximum atomic E-state index is 14.1. The first kappa shape index (κ1) is 45.4. The van der Waals surface area contributed by atoms with Gasteiger partial charge in [-0.05, 0) is 178 Å². The van der Waals surface area contributed by atoms with Crippen LogP contribution in [-0.4, -0.2) is 59.0 Å². The highest BCUT2D eigenvalue weighted by molar-refractivity contribution is 6.30. The van der Waals surface area contributed by atoms with Crippen LogP contribution in [0, 0.1) is 74.9 Å². The van der Waals surface area contributed by atoms with Crippen LogP contribution < -0.4 is 16.4 Å². The number of benzene rings is 1. The van der Waals surface area contributed by atoms with E-state index in [1.807, 2.05) is 6.92 Å². The third-order valence-electron chi connectivity index (χ3n) is 18.4. The molecule has 12 unspecified atom stereocenters. The molecule has 6 aliphatic rings. The lowest BCUT2D eigenvalue weighted by molar-refractivity contribution is -0.193. The Labute approximate surface area is 364 Å². The first-order chi connectivity index (χ1) is 28.2. The van der Waals surface area contributed by atoms with Gasteiger partial charge in [0.05, 0.1) is 5.92 Å². The van der Waals surface area contributed by atoms with Gasteiger partial charge in [0.2, 0.25) is 0 Å². The Hall–Kier alpha value is -2.59. The molecule has 10 heteroatoms. The second kappa shape index (κ2) is 16.8. The number of Topliss-reactive ketones (excluding diaryl/α,β-unsaturated/α-hetero) is 2. The molecule has 60 heavy (non-hydrogen) atoms. The second-order valence-electron chi connectivity index (χ2n) is 22.0. The van der Waals surface area contributed by atoms with Crippen molar-refractivity contribution in [2.24, 2.45) is 80.7 Å². The SMILES string of the molecule is CC(C)C1=C2C3CCC4C(C)(CCC5C(C)(C)C(CC(=O)C6CC(C(=O)O)C6C)CCC54C)C3CCC2(CCNCC(O)(CCCN)NC(=O)c2ccc(Cl)cc2)CC1=O. The van der Waals surface area contributed by atoms with E-state index in [2.05, 4.69) is 52.2 Å². The lowest BCUT2D eigenvalue weighted by atomic mass is 9.35. The number of rotatable bonds is 15. The Kier molecular flexibility index (Phi) is 12.8. The molecule has 0 aliphatic heterocycles. The third kappa shape index (κ3) is 7.87. The van der Waals surface area contributed by atoms with Gasteiger partial charge < -0.3 is 26.6 Å². The fraction of sp³-hybridized carbons (Fsp3) is 0.760. The van der Waals surface area contributed by atoms with Crippen LogP contribution in [0.5, 0.6) is 0 Å². The van der Waals surface area contributed by atoms with Gasteiger partial charge in [-0.15, -0.1) is 0 Å². The number of aliphatic carboxylic acids is 1. The molecule has 0 saturated heterocycles. The predicted octanol–water partition coefficient (Wildman–Crippen LogP) is 9.00. The number of allylic oxidation sites excluding steroid dienone is 2. The zero-order valence-corrected chi connectivity index (χ0v) is 38.3. The number of carbonyl (C=O) groups excluding carboxylic acids is 3. The van der Waals surface area contributed by atoms with Gasteiger partial charge in [0.1, 0.15) is 11.5 Å². The van der Waals surface area contributed by atoms with E-state index < -0.39 is 11.7 Å². The number of halogens is 1. The third-order valence-corrected chi connectivity index (χ3v) is 18.6. The van der Waals surface area contributed by atoms with Crippen LogP contribution in [0.3, 0.4) is 0 Å². The summed E-state index contributed by atoms with van der Waals surface area (Å²) in [7, 11) is 0. The van der Waals surface area contributed by atoms with E-state index in [9.17, 15) is 29.4 Å². The molecule has 0 heterocycles. The minimum atomic E-state index is -1.48. The number of aliphatic hydroxyl groups is 1. The molecular formula is C50H74ClN3O6. The largest absolute Gasteiger partial charge is 0.481 e. The lowest BCUT2D eigenvalue weighted by Crippen LogP contribution is -2.62. The standard InChI is InChI=1S/C50H74ClN3O6/c1-29(2)42-39(56)27-49(22-24-53-28-50(60,18-8-23-52)54-44(57)31-9-11-33(51)12-10-31)21-16-37-34(43(42)49)13-14-41-47(37,6)20-17-40-46(4,5)32(15-19-48(40,41)7)25-38(55)35-26-36(30(35)3)45(58)59/h9-12,29-30,32,34-37,40-41,53,60H,8,13-28,52H2,1-7H3,(H,54,57)(H,58,59). The molecule has 5 fully saturated rings. The van der Waals surface area contributed by atoms with Gasteiger partial charge in [0.15, 0.2) is 5.78 Å². The smallest absolute Gasteiger partial charge is 0.306 e. The number of carboxylic acids is 1. The highest BCUT2D eigenvalue weighted by atomic mass is 35.5. The minimum absolute atomic E-state index is 0.0229. The van der Waals surface area contributed by atoms with Crippen LogP contribution in [0.4, 0.5) is 0 Å². The van der Waals surface area contributed by atoms with Crippen LogP contribution in [0.1, 0.15) is 149 Å². The van der Waals surface area contributed by atoms with Crippen molar-refractivity contribution < 1.29 is 29.4 Å². The Morgan fingerprint density at radius 3 is 2.30 bits per heavy atom. The van der Waals surface area contributed by atoms with Gasteiger partial charge in [0, 0.05) is 41.3 Å². The molecule has 332 valence electrons. The van der Waals surface area contributed by atoms with E-state index in [0.29, 0.717) is 91.2 Å². The van der Waals surface area contributed by atoms with Crippen molar-refractivity contribution in [1.29, 1.82) is 0 Å². The van der Waals surface area contributed by atoms with Crippen molar-refractivity contribution in [2.75, 3.05) is 19.6 Å². The van der Waals surface area contributed by atoms with Crippen LogP contribution in [0.25, 0.3) is 0 Å². The fourth-order valence-corrected chi connectivity index (χ4v) is 15.3. The van der Waals surface area contributed by atoms with Crippen molar-refractivity contribution in [3.63, 3.8) is 0 Å². The van der Waals surface area contributed by atoms with Gasteiger partial charge in [-0.25, -0.2) is 0 Å². The molecular weight excluding hydrogens is 774 g/mol. The highest BCUT2D eigenvalue weighted by Gasteiger charge is 2.66. The number of nitrogens with two attached hydrogens (primary N) is 1. The Bertz CT molecular complexity index is 1860. The van der Waals surface area contributed by atoms with Crippen LogP contribution in [0.15, 0.2) is 35.4 Å². The summed E-state index contributed by atoms with van der Waals surface area (Å²) in [5.41, 5.74) is 7.52. The Morgan fingerprint density at radius 2 is 1.65 bits per heavy atom. The Morgan fingerprint density at radius 1 is 0.950 bits per heavy atom. The number of ketones is 2. The monoisotopic (exact) mass is 848 g/mol. The van der Waals surface area contributed by atoms with E-state index in [-0.39, 0.29) is 63.6 Å². The fourth-order valence-electron chi connectivity index (χ4n) is 15.2. The zero-order valence-electron chi connectivity index (χ0n) is 37.5. The molecule has 12 atom stereocenters. The van der Waals surface area contributed by atoms with Gasteiger partial charge in [-0.2, -0.15) is 0 Å². The summed E-state index contributed by atoms with van der Waals surface area (Å²) in [6.07, 6.45) is 12.3. The van der Waals surface area contributed by atoms with Crippen LogP contribution >= 0.6 is 11.6 Å². The number of amides is 1. The molecule has 6 aliphatic carbocycles. The van der Waals surface area contributed by atoms with Crippen molar-refractivity contribution in [2.45, 2.75) is 144 Å². The summed E-state index contributed by atoms with van der Waals surface area (Å²) in [5, 5.41) is 28.1. The van der Waals surface area contributed by atoms with E-state index in [1.54, 1.807) is 24.3 Å². The maximum absolute atomic E-state index is 14.1. The van der Waals surface area contributed by atoms with Crippen molar-refractivity contribution in [3.8, 4) is 0 Å². The summed E-state index contributed by atoms with van der Waals surface area (Å²) in [6.45, 7) is 17.6. The first-order valence-electron chi connectivity index (χ1n) is 23.5. The van der Waals surface area contributed by atoms with E-state index >= 15 is 0 Å². The number of fused-ring (bicyclic) bond motifs is 7. The molecule has 7 rings (SSSR count). The summed E-state index contributed by atoms with van der Waals surface area (Å²) in [4.78, 5) is 52.6. The Balaban J connectivity index is 1.05. The quantitative estimate of drug-likeness (QED) is 0.0865. The molecule has 6 N–H and O–H groups in total. The number of nitrogens with one attached hydrogen (secondary N) is 2. The van der Waals surface area contributed by atoms with E-state index in [4.69, 9.17) is 17.3 Å². The van der Waals surface area contributed by atoms with Gasteiger partial charge in [0.25, 0.3) is 5.91 Å². The minimum Gasteiger partial charge on any atom is -0.481 e. The molecule has 0 aromatic heterocycles. The van der Waals surface area contributed by atoms with Gasteiger partial charge in [-0.3, -0.25) is 19.2 Å². The van der Waals surface area contributed by atoms with E-state index in [1.165, 1.54) is 18.4 Å². The summed E-state index contributed by atoms with van der Waals surface area (Å²) in [6, 6.07) is 6.62. The molecule has 0 radical (unpaired) electrons. The van der Waals surface area contributed by atoms with Crippen LogP contribution in [-0.2, 0) is 14.4 Å². The number of carboxylic acid groups (broad SMARTS) is 1. The molecule has 0 bridgehead atoms. The molecule has 1 aromatic rings. The normalized spacial score (nSPS) is 37.9. The lowest BCUT2D eigenvalue weighted by Gasteiger charge is -2.69. The average Bonchev–Trinajstić information content (AvgIpc) is 3.48. The van der Waals surface area contributed by atoms with Crippen molar-refractivity contribution >= 4 is 35.0 Å². The average molecular weight is 849 g/mol. The number of hydrogen-bond donors (Lipinski definition) is 5. The van der Waals surface area contributed by atoms with Crippen LogP contribution in [0.2, 0.25) is 5.02 Å². The molecule has 0 spiro atoms. The molecule has 9 nitrogen and oxygen atoms in total. The van der Waals surface area contributed by atoms with E-state index in [0.717, 1.165) is 50.5 Å². The summed E-state index contributed by atoms with van der Waals surface area (Å²) >= 11 is 6.05. The summed E-state index contributed by atoms with van der Waals surface area (Å²) in [5.74, 6) is 1.43. The first-order valence-corrected chi connectivity index (χ1v) is 23.8. The van der Waals surface area contributed by atoms with Crippen molar-refractivity contribution in [3.05, 3.63) is 46.0 Å². The van der Waals surface area contributed by atoms with Gasteiger partial charge in [-0.1, -0.05) is 65.6 Å². The predicted molar refractivity (Wildman–Crippen MR) is 236 cm³/mol. The zero-order chi connectivity index (χ0) is 43.6. The topological polar surface area (TPSA) is 159 Å². The molecule has 1 amide bonds.